The molecule has 0 spiro atoms. The molecular weight excluding hydrogens is 454 g/mol. The Balaban J connectivity index is 1.19. The average molecular weight is 490 g/mol. The van der Waals surface area contributed by atoms with Crippen LogP contribution in [-0.2, 0) is 13.1 Å². The van der Waals surface area contributed by atoms with E-state index >= 15 is 0 Å². The van der Waals surface area contributed by atoms with E-state index < -0.39 is 5.63 Å². The van der Waals surface area contributed by atoms with Crippen molar-refractivity contribution in [1.82, 2.24) is 9.80 Å². The number of piperazine rings is 1. The van der Waals surface area contributed by atoms with Gasteiger partial charge in [0.2, 0.25) is 0 Å². The van der Waals surface area contributed by atoms with Gasteiger partial charge in [-0.15, -0.1) is 0 Å². The van der Waals surface area contributed by atoms with Crippen molar-refractivity contribution in [1.29, 1.82) is 0 Å². The van der Waals surface area contributed by atoms with E-state index in [1.807, 2.05) is 24.3 Å². The molecule has 3 aromatic rings. The van der Waals surface area contributed by atoms with E-state index in [0.29, 0.717) is 30.1 Å². The first kappa shape index (κ1) is 24.4. The van der Waals surface area contributed by atoms with Gasteiger partial charge in [-0.1, -0.05) is 42.5 Å². The number of anilines is 1. The van der Waals surface area contributed by atoms with E-state index in [9.17, 15) is 9.90 Å². The number of methoxy groups -OCH3 is 1. The van der Waals surface area contributed by atoms with E-state index in [1.54, 1.807) is 7.11 Å². The number of likely N-dealkylation sites (tertiary alicyclic amines) is 1. The highest BCUT2D eigenvalue weighted by Gasteiger charge is 2.25. The van der Waals surface area contributed by atoms with Crippen molar-refractivity contribution < 1.29 is 14.3 Å². The molecule has 2 saturated heterocycles. The first-order chi connectivity index (χ1) is 17.6. The molecule has 0 bridgehead atoms. The third-order valence-electron chi connectivity index (χ3n) is 7.58. The van der Waals surface area contributed by atoms with Crippen LogP contribution in [0.4, 0.5) is 5.69 Å². The fourth-order valence-electron chi connectivity index (χ4n) is 5.45. The van der Waals surface area contributed by atoms with Crippen LogP contribution in [0.3, 0.4) is 0 Å². The van der Waals surface area contributed by atoms with E-state index in [2.05, 4.69) is 45.0 Å². The number of para-hydroxylation sites is 2. The van der Waals surface area contributed by atoms with Crippen LogP contribution in [0.2, 0.25) is 0 Å². The van der Waals surface area contributed by atoms with Crippen molar-refractivity contribution in [3.63, 3.8) is 0 Å². The number of piperidine rings is 1. The van der Waals surface area contributed by atoms with Gasteiger partial charge in [0.15, 0.2) is 0 Å². The van der Waals surface area contributed by atoms with Crippen molar-refractivity contribution in [2.45, 2.75) is 31.8 Å². The van der Waals surface area contributed by atoms with Crippen LogP contribution in [0.25, 0.3) is 0 Å². The lowest BCUT2D eigenvalue weighted by atomic mass is 9.89. The number of hydrogen-bond donors (Lipinski definition) is 1. The molecule has 2 aromatic carbocycles. The molecule has 0 amide bonds. The first-order valence-electron chi connectivity index (χ1n) is 12.8. The van der Waals surface area contributed by atoms with Crippen molar-refractivity contribution in [2.24, 2.45) is 0 Å². The van der Waals surface area contributed by atoms with Gasteiger partial charge in [-0.25, -0.2) is 4.79 Å². The molecule has 190 valence electrons. The van der Waals surface area contributed by atoms with Gasteiger partial charge >= 0.3 is 5.63 Å². The Morgan fingerprint density at radius 2 is 1.56 bits per heavy atom. The van der Waals surface area contributed by atoms with Crippen LogP contribution in [0.15, 0.2) is 70.1 Å². The fraction of sp³-hybridized carbons (Fsp3) is 0.414. The number of hydrogen-bond acceptors (Lipinski definition) is 7. The number of ether oxygens (including phenoxy) is 1. The van der Waals surface area contributed by atoms with Gasteiger partial charge in [-0.05, 0) is 49.5 Å². The van der Waals surface area contributed by atoms with Gasteiger partial charge in [-0.2, -0.15) is 0 Å². The maximum absolute atomic E-state index is 12.5. The SMILES string of the molecule is COc1ccccc1N1CCN(Cc2coc(=O)c(CN3CCC(c4ccccc4)CC3)c2O)CC1. The van der Waals surface area contributed by atoms with Gasteiger partial charge in [0.1, 0.15) is 17.8 Å². The van der Waals surface area contributed by atoms with Crippen LogP contribution < -0.4 is 15.3 Å². The second kappa shape index (κ2) is 11.2. The number of aromatic hydroxyl groups is 1. The maximum atomic E-state index is 12.5. The molecule has 0 radical (unpaired) electrons. The zero-order chi connectivity index (χ0) is 24.9. The third-order valence-corrected chi connectivity index (χ3v) is 7.58. The molecule has 7 nitrogen and oxygen atoms in total. The van der Waals surface area contributed by atoms with Crippen LogP contribution in [0, 0.1) is 0 Å². The van der Waals surface area contributed by atoms with Crippen LogP contribution in [-0.4, -0.2) is 61.3 Å². The summed E-state index contributed by atoms with van der Waals surface area (Å²) in [4.78, 5) is 19.4. The summed E-state index contributed by atoms with van der Waals surface area (Å²) >= 11 is 0. The molecule has 0 aliphatic carbocycles. The Morgan fingerprint density at radius 1 is 0.889 bits per heavy atom. The minimum atomic E-state index is -0.442. The summed E-state index contributed by atoms with van der Waals surface area (Å²) < 4.78 is 10.9. The lowest BCUT2D eigenvalue weighted by Gasteiger charge is -2.36. The molecule has 7 heteroatoms. The lowest BCUT2D eigenvalue weighted by molar-refractivity contribution is 0.198. The molecule has 0 atom stereocenters. The van der Waals surface area contributed by atoms with Gasteiger partial charge in [0.05, 0.1) is 18.4 Å². The van der Waals surface area contributed by atoms with Gasteiger partial charge < -0.3 is 19.2 Å². The van der Waals surface area contributed by atoms with Gasteiger partial charge in [0.25, 0.3) is 0 Å². The smallest absolute Gasteiger partial charge is 0.343 e. The van der Waals surface area contributed by atoms with E-state index in [4.69, 9.17) is 9.15 Å². The number of benzene rings is 2. The predicted octanol–water partition coefficient (Wildman–Crippen LogP) is 4.06. The molecule has 2 aliphatic heterocycles. The predicted molar refractivity (Wildman–Crippen MR) is 141 cm³/mol. The second-order valence-electron chi connectivity index (χ2n) is 9.77. The summed E-state index contributed by atoms with van der Waals surface area (Å²) in [5.41, 5.74) is 3.09. The highest BCUT2D eigenvalue weighted by atomic mass is 16.5. The third kappa shape index (κ3) is 5.42. The number of rotatable bonds is 7. The Labute approximate surface area is 212 Å². The van der Waals surface area contributed by atoms with Crippen LogP contribution >= 0.6 is 0 Å². The molecule has 0 unspecified atom stereocenters. The summed E-state index contributed by atoms with van der Waals surface area (Å²) in [5.74, 6) is 1.52. The monoisotopic (exact) mass is 489 g/mol. The summed E-state index contributed by atoms with van der Waals surface area (Å²) in [7, 11) is 1.70. The molecular formula is C29H35N3O4. The minimum absolute atomic E-state index is 0.0867. The normalized spacial score (nSPS) is 17.9. The Kier molecular flexibility index (Phi) is 7.58. The first-order valence-corrected chi connectivity index (χ1v) is 12.8. The van der Waals surface area contributed by atoms with Crippen LogP contribution in [0.5, 0.6) is 11.5 Å². The summed E-state index contributed by atoms with van der Waals surface area (Å²) in [6.45, 7) is 6.19. The van der Waals surface area contributed by atoms with E-state index in [1.165, 1.54) is 11.8 Å². The van der Waals surface area contributed by atoms with E-state index in [0.717, 1.165) is 63.5 Å². The zero-order valence-corrected chi connectivity index (χ0v) is 20.9. The van der Waals surface area contributed by atoms with Crippen molar-refractivity contribution >= 4 is 5.69 Å². The Hall–Kier alpha value is -3.29. The van der Waals surface area contributed by atoms with Gasteiger partial charge in [-0.3, -0.25) is 9.80 Å². The van der Waals surface area contributed by atoms with Crippen LogP contribution in [0.1, 0.15) is 35.4 Å². The highest BCUT2D eigenvalue weighted by Crippen LogP contribution is 2.31. The highest BCUT2D eigenvalue weighted by molar-refractivity contribution is 5.58. The van der Waals surface area contributed by atoms with E-state index in [-0.39, 0.29) is 5.75 Å². The van der Waals surface area contributed by atoms with Crippen molar-refractivity contribution in [3.05, 3.63) is 88.0 Å². The van der Waals surface area contributed by atoms with Crippen molar-refractivity contribution in [2.75, 3.05) is 51.3 Å². The standard InChI is InChI=1S/C29H35N3O4/c1-35-27-10-6-5-9-26(27)32-17-15-31(16-18-32)19-24-21-36-29(34)25(28(24)33)20-30-13-11-23(12-14-30)22-7-3-2-4-8-22/h2-10,21,23,33H,11-20H2,1H3. The Bertz CT molecular complexity index is 1200. The quantitative estimate of drug-likeness (QED) is 0.537. The molecule has 3 heterocycles. The largest absolute Gasteiger partial charge is 0.507 e. The summed E-state index contributed by atoms with van der Waals surface area (Å²) in [5, 5.41) is 11.0. The Morgan fingerprint density at radius 3 is 2.28 bits per heavy atom. The zero-order valence-electron chi connectivity index (χ0n) is 20.9. The summed E-state index contributed by atoms with van der Waals surface area (Å²) in [6, 6.07) is 18.7. The average Bonchev–Trinajstić information content (AvgIpc) is 2.94. The van der Waals surface area contributed by atoms with Crippen molar-refractivity contribution in [3.8, 4) is 11.5 Å². The second-order valence-corrected chi connectivity index (χ2v) is 9.77. The molecule has 2 fully saturated rings. The lowest BCUT2D eigenvalue weighted by Crippen LogP contribution is -2.46. The minimum Gasteiger partial charge on any atom is -0.507 e. The molecule has 1 aromatic heterocycles. The molecule has 5 rings (SSSR count). The number of nitrogens with zero attached hydrogens (tertiary/aromatic N) is 3. The fourth-order valence-corrected chi connectivity index (χ4v) is 5.45. The topological polar surface area (TPSA) is 69.4 Å². The molecule has 36 heavy (non-hydrogen) atoms. The molecule has 0 saturated carbocycles. The molecule has 2 aliphatic rings. The summed E-state index contributed by atoms with van der Waals surface area (Å²) in [6.07, 6.45) is 3.52. The van der Waals surface area contributed by atoms with Gasteiger partial charge in [0, 0.05) is 44.8 Å². The maximum Gasteiger partial charge on any atom is 0.343 e. The molecule has 1 N–H and O–H groups in total.